The predicted octanol–water partition coefficient (Wildman–Crippen LogP) is 1.83. The molecule has 1 aliphatic heterocycles. The fourth-order valence-electron chi connectivity index (χ4n) is 1.68. The number of hydrogen-bond donors (Lipinski definition) is 2. The largest absolute Gasteiger partial charge is 0.350 e. The average molecular weight is 336 g/mol. The van der Waals surface area contributed by atoms with Crippen LogP contribution >= 0.6 is 33.9 Å². The van der Waals surface area contributed by atoms with Crippen LogP contribution in [0.2, 0.25) is 0 Å². The highest BCUT2D eigenvalue weighted by Gasteiger charge is 2.15. The van der Waals surface area contributed by atoms with E-state index in [9.17, 15) is 4.79 Å². The van der Waals surface area contributed by atoms with Gasteiger partial charge in [0.05, 0.1) is 8.45 Å². The Balaban J connectivity index is 1.81. The second-order valence-corrected chi connectivity index (χ2v) is 6.45. The molecule has 1 aliphatic rings. The van der Waals surface area contributed by atoms with Gasteiger partial charge in [0, 0.05) is 18.0 Å². The summed E-state index contributed by atoms with van der Waals surface area (Å²) in [6.07, 6.45) is 2.39. The minimum absolute atomic E-state index is 0.0443. The standard InChI is InChI=1S/C10H13IN2OS/c11-9-4-7(6-15-9)10(14)13-5-8-2-1-3-12-8/h4,6,8,12H,1-3,5H2,(H,13,14). The fourth-order valence-corrected chi connectivity index (χ4v) is 3.00. The van der Waals surface area contributed by atoms with Crippen molar-refractivity contribution in [2.24, 2.45) is 0 Å². The van der Waals surface area contributed by atoms with Crippen LogP contribution in [0, 0.1) is 2.88 Å². The Morgan fingerprint density at radius 3 is 3.20 bits per heavy atom. The fraction of sp³-hybridized carbons (Fsp3) is 0.500. The van der Waals surface area contributed by atoms with Crippen LogP contribution in [0.1, 0.15) is 23.2 Å². The molecular weight excluding hydrogens is 323 g/mol. The van der Waals surface area contributed by atoms with Crippen LogP contribution in [0.25, 0.3) is 0 Å². The molecule has 3 nitrogen and oxygen atoms in total. The van der Waals surface area contributed by atoms with Gasteiger partial charge >= 0.3 is 0 Å². The maximum atomic E-state index is 11.7. The third-order valence-corrected chi connectivity index (χ3v) is 4.29. The van der Waals surface area contributed by atoms with Crippen LogP contribution in [-0.4, -0.2) is 25.0 Å². The van der Waals surface area contributed by atoms with Crippen molar-refractivity contribution < 1.29 is 4.79 Å². The van der Waals surface area contributed by atoms with Gasteiger partial charge in [-0.3, -0.25) is 4.79 Å². The molecule has 1 fully saturated rings. The molecule has 1 atom stereocenters. The van der Waals surface area contributed by atoms with Crippen LogP contribution in [0.3, 0.4) is 0 Å². The second-order valence-electron chi connectivity index (χ2n) is 3.64. The van der Waals surface area contributed by atoms with Crippen LogP contribution < -0.4 is 10.6 Å². The molecule has 2 heterocycles. The van der Waals surface area contributed by atoms with E-state index in [0.29, 0.717) is 6.04 Å². The van der Waals surface area contributed by atoms with Crippen LogP contribution in [0.4, 0.5) is 0 Å². The first-order valence-electron chi connectivity index (χ1n) is 5.01. The summed E-state index contributed by atoms with van der Waals surface area (Å²) in [4.78, 5) is 11.7. The van der Waals surface area contributed by atoms with Gasteiger partial charge < -0.3 is 10.6 Å². The number of hydrogen-bond acceptors (Lipinski definition) is 3. The number of halogens is 1. The predicted molar refractivity (Wildman–Crippen MR) is 70.4 cm³/mol. The highest BCUT2D eigenvalue weighted by Crippen LogP contribution is 2.16. The molecule has 82 valence electrons. The Kier molecular flexibility index (Phi) is 3.99. The van der Waals surface area contributed by atoms with Gasteiger partial charge in [-0.15, -0.1) is 11.3 Å². The summed E-state index contributed by atoms with van der Waals surface area (Å²) in [6.45, 7) is 1.82. The highest BCUT2D eigenvalue weighted by molar-refractivity contribution is 14.1. The summed E-state index contributed by atoms with van der Waals surface area (Å²) in [5.74, 6) is 0.0443. The molecule has 2 rings (SSSR count). The molecule has 2 N–H and O–H groups in total. The number of carbonyl (C=O) groups excluding carboxylic acids is 1. The highest BCUT2D eigenvalue weighted by atomic mass is 127. The molecule has 0 aliphatic carbocycles. The molecule has 0 bridgehead atoms. The molecule has 1 aromatic heterocycles. The van der Waals surface area contributed by atoms with E-state index in [4.69, 9.17) is 0 Å². The molecule has 1 unspecified atom stereocenters. The SMILES string of the molecule is O=C(NCC1CCCN1)c1csc(I)c1. The molecule has 0 saturated carbocycles. The summed E-state index contributed by atoms with van der Waals surface area (Å²) >= 11 is 3.83. The van der Waals surface area contributed by atoms with E-state index >= 15 is 0 Å². The van der Waals surface area contributed by atoms with Gasteiger partial charge in [-0.1, -0.05) is 0 Å². The Labute approximate surface area is 107 Å². The number of rotatable bonds is 3. The molecule has 1 aromatic rings. The van der Waals surface area contributed by atoms with Gasteiger partial charge in [0.1, 0.15) is 0 Å². The Hall–Kier alpha value is -0.140. The maximum absolute atomic E-state index is 11.7. The van der Waals surface area contributed by atoms with Crippen molar-refractivity contribution in [3.63, 3.8) is 0 Å². The van der Waals surface area contributed by atoms with Gasteiger partial charge in [-0.2, -0.15) is 0 Å². The van der Waals surface area contributed by atoms with E-state index in [-0.39, 0.29) is 5.91 Å². The number of carbonyl (C=O) groups is 1. The normalized spacial score (nSPS) is 20.5. The smallest absolute Gasteiger partial charge is 0.252 e. The van der Waals surface area contributed by atoms with E-state index in [1.165, 1.54) is 12.8 Å². The lowest BCUT2D eigenvalue weighted by molar-refractivity contribution is 0.0951. The summed E-state index contributed by atoms with van der Waals surface area (Å²) < 4.78 is 1.15. The van der Waals surface area contributed by atoms with Crippen molar-refractivity contribution in [3.05, 3.63) is 19.9 Å². The van der Waals surface area contributed by atoms with Crippen molar-refractivity contribution in [1.29, 1.82) is 0 Å². The summed E-state index contributed by atoms with van der Waals surface area (Å²) in [5.41, 5.74) is 0.780. The van der Waals surface area contributed by atoms with Gasteiger partial charge in [0.2, 0.25) is 0 Å². The van der Waals surface area contributed by atoms with E-state index in [2.05, 4.69) is 33.2 Å². The van der Waals surface area contributed by atoms with Crippen molar-refractivity contribution in [2.75, 3.05) is 13.1 Å². The average Bonchev–Trinajstić information content (AvgIpc) is 2.84. The summed E-state index contributed by atoms with van der Waals surface area (Å²) in [6, 6.07) is 2.38. The lowest BCUT2D eigenvalue weighted by Gasteiger charge is -2.10. The molecule has 15 heavy (non-hydrogen) atoms. The first kappa shape index (κ1) is 11.3. The molecule has 0 spiro atoms. The third-order valence-electron chi connectivity index (χ3n) is 2.50. The van der Waals surface area contributed by atoms with Crippen LogP contribution in [0.15, 0.2) is 11.4 Å². The first-order valence-corrected chi connectivity index (χ1v) is 6.97. The lowest BCUT2D eigenvalue weighted by Crippen LogP contribution is -2.36. The zero-order valence-electron chi connectivity index (χ0n) is 8.25. The van der Waals surface area contributed by atoms with Crippen molar-refractivity contribution in [2.45, 2.75) is 18.9 Å². The number of nitrogens with one attached hydrogen (secondary N) is 2. The van der Waals surface area contributed by atoms with E-state index in [1.54, 1.807) is 11.3 Å². The second kappa shape index (κ2) is 5.27. The van der Waals surface area contributed by atoms with Crippen LogP contribution in [0.5, 0.6) is 0 Å². The third kappa shape index (κ3) is 3.15. The van der Waals surface area contributed by atoms with Crippen molar-refractivity contribution >= 4 is 39.8 Å². The molecule has 5 heteroatoms. The molecule has 1 amide bonds. The topological polar surface area (TPSA) is 41.1 Å². The lowest BCUT2D eigenvalue weighted by atomic mass is 10.2. The molecule has 0 aromatic carbocycles. The van der Waals surface area contributed by atoms with Gasteiger partial charge in [-0.25, -0.2) is 0 Å². The molecule has 1 saturated heterocycles. The Bertz CT molecular complexity index is 347. The zero-order valence-corrected chi connectivity index (χ0v) is 11.2. The van der Waals surface area contributed by atoms with Crippen molar-refractivity contribution in [3.8, 4) is 0 Å². The first-order chi connectivity index (χ1) is 7.25. The summed E-state index contributed by atoms with van der Waals surface area (Å²) in [5, 5.41) is 8.21. The summed E-state index contributed by atoms with van der Waals surface area (Å²) in [7, 11) is 0. The van der Waals surface area contributed by atoms with Crippen molar-refractivity contribution in [1.82, 2.24) is 10.6 Å². The maximum Gasteiger partial charge on any atom is 0.252 e. The Morgan fingerprint density at radius 2 is 2.60 bits per heavy atom. The minimum atomic E-state index is 0.0443. The van der Waals surface area contributed by atoms with E-state index in [1.807, 2.05) is 11.4 Å². The van der Waals surface area contributed by atoms with Gasteiger partial charge in [0.25, 0.3) is 5.91 Å². The minimum Gasteiger partial charge on any atom is -0.350 e. The quantitative estimate of drug-likeness (QED) is 0.827. The molecule has 0 radical (unpaired) electrons. The molecular formula is C10H13IN2OS. The Morgan fingerprint density at radius 1 is 1.73 bits per heavy atom. The van der Waals surface area contributed by atoms with E-state index < -0.39 is 0 Å². The van der Waals surface area contributed by atoms with Crippen LogP contribution in [-0.2, 0) is 0 Å². The number of thiophene rings is 1. The monoisotopic (exact) mass is 336 g/mol. The number of amides is 1. The van der Waals surface area contributed by atoms with Gasteiger partial charge in [0.15, 0.2) is 0 Å². The zero-order chi connectivity index (χ0) is 10.7. The van der Waals surface area contributed by atoms with Gasteiger partial charge in [-0.05, 0) is 48.0 Å². The van der Waals surface area contributed by atoms with E-state index in [0.717, 1.165) is 21.5 Å².